The number of aromatic nitrogens is 1. The van der Waals surface area contributed by atoms with Crippen molar-refractivity contribution in [2.45, 2.75) is 50.5 Å². The number of aliphatic hydroxyl groups is 1. The topological polar surface area (TPSA) is 33.1 Å². The molecule has 0 bridgehead atoms. The molecule has 1 heterocycles. The van der Waals surface area contributed by atoms with Crippen molar-refractivity contribution >= 4 is 0 Å². The Labute approximate surface area is 126 Å². The fourth-order valence-corrected chi connectivity index (χ4v) is 3.32. The molecule has 0 amide bonds. The number of rotatable bonds is 5. The van der Waals surface area contributed by atoms with Gasteiger partial charge in [0, 0.05) is 23.7 Å². The maximum atomic E-state index is 10.8. The maximum Gasteiger partial charge on any atom is 0.0692 e. The lowest BCUT2D eigenvalue weighted by molar-refractivity contribution is 0.0279. The molecule has 1 aliphatic rings. The second-order valence-corrected chi connectivity index (χ2v) is 6.11. The average molecular weight is 281 g/mol. The van der Waals surface area contributed by atoms with Gasteiger partial charge in [-0.15, -0.1) is 0 Å². The average Bonchev–Trinajstić information content (AvgIpc) is 2.48. The summed E-state index contributed by atoms with van der Waals surface area (Å²) in [7, 11) is 0. The van der Waals surface area contributed by atoms with Crippen LogP contribution in [0.25, 0.3) is 0 Å². The zero-order chi connectivity index (χ0) is 14.7. The molecular weight excluding hydrogens is 258 g/mol. The molecule has 1 saturated carbocycles. The Balaban J connectivity index is 1.78. The molecular formula is C19H23NO. The molecule has 3 rings (SSSR count). The molecule has 2 nitrogen and oxygen atoms in total. The SMILES string of the molecule is CCc1ccc(CC(O)C2(c3ccccc3)CCC2)nc1. The molecule has 2 aromatic rings. The van der Waals surface area contributed by atoms with E-state index >= 15 is 0 Å². The van der Waals surface area contributed by atoms with Crippen molar-refractivity contribution < 1.29 is 5.11 Å². The highest BCUT2D eigenvalue weighted by atomic mass is 16.3. The summed E-state index contributed by atoms with van der Waals surface area (Å²) < 4.78 is 0. The van der Waals surface area contributed by atoms with Crippen LogP contribution in [0.3, 0.4) is 0 Å². The van der Waals surface area contributed by atoms with Gasteiger partial charge in [0.2, 0.25) is 0 Å². The first kappa shape index (κ1) is 14.3. The third-order valence-electron chi connectivity index (χ3n) is 4.93. The summed E-state index contributed by atoms with van der Waals surface area (Å²) in [4.78, 5) is 4.50. The van der Waals surface area contributed by atoms with Gasteiger partial charge in [-0.1, -0.05) is 49.7 Å². The number of hydrogen-bond acceptors (Lipinski definition) is 2. The smallest absolute Gasteiger partial charge is 0.0692 e. The molecule has 2 heteroatoms. The largest absolute Gasteiger partial charge is 0.392 e. The fourth-order valence-electron chi connectivity index (χ4n) is 3.32. The zero-order valence-electron chi connectivity index (χ0n) is 12.6. The standard InChI is InChI=1S/C19H23NO/c1-2-15-9-10-17(20-14-15)13-18(21)19(11-6-12-19)16-7-4-3-5-8-16/h3-5,7-10,14,18,21H,2,6,11-13H2,1H3. The van der Waals surface area contributed by atoms with Crippen molar-refractivity contribution in [3.63, 3.8) is 0 Å². The molecule has 110 valence electrons. The first-order chi connectivity index (χ1) is 10.2. The van der Waals surface area contributed by atoms with Gasteiger partial charge in [-0.05, 0) is 36.5 Å². The van der Waals surface area contributed by atoms with Gasteiger partial charge in [-0.2, -0.15) is 0 Å². The predicted molar refractivity (Wildman–Crippen MR) is 85.3 cm³/mol. The van der Waals surface area contributed by atoms with Crippen molar-refractivity contribution in [1.29, 1.82) is 0 Å². The zero-order valence-corrected chi connectivity index (χ0v) is 12.6. The predicted octanol–water partition coefficient (Wildman–Crippen LogP) is 3.67. The van der Waals surface area contributed by atoms with E-state index in [-0.39, 0.29) is 11.5 Å². The van der Waals surface area contributed by atoms with E-state index in [0.717, 1.165) is 25.0 Å². The summed E-state index contributed by atoms with van der Waals surface area (Å²) in [5.74, 6) is 0. The lowest BCUT2D eigenvalue weighted by atomic mass is 9.60. The molecule has 0 aliphatic heterocycles. The monoisotopic (exact) mass is 281 g/mol. The molecule has 1 fully saturated rings. The van der Waals surface area contributed by atoms with Gasteiger partial charge >= 0.3 is 0 Å². The van der Waals surface area contributed by atoms with Gasteiger partial charge in [-0.25, -0.2) is 0 Å². The first-order valence-electron chi connectivity index (χ1n) is 7.92. The van der Waals surface area contributed by atoms with Crippen LogP contribution in [-0.4, -0.2) is 16.2 Å². The van der Waals surface area contributed by atoms with Crippen LogP contribution in [0, 0.1) is 0 Å². The Morgan fingerprint density at radius 3 is 2.43 bits per heavy atom. The van der Waals surface area contributed by atoms with Gasteiger partial charge in [0.05, 0.1) is 6.10 Å². The van der Waals surface area contributed by atoms with Crippen LogP contribution in [-0.2, 0) is 18.3 Å². The molecule has 1 N–H and O–H groups in total. The number of benzene rings is 1. The quantitative estimate of drug-likeness (QED) is 0.907. The maximum absolute atomic E-state index is 10.8. The highest BCUT2D eigenvalue weighted by Gasteiger charge is 2.44. The van der Waals surface area contributed by atoms with Gasteiger partial charge in [-0.3, -0.25) is 4.98 Å². The fraction of sp³-hybridized carbons (Fsp3) is 0.421. The molecule has 21 heavy (non-hydrogen) atoms. The van der Waals surface area contributed by atoms with Crippen molar-refractivity contribution in [3.05, 3.63) is 65.5 Å². The lowest BCUT2D eigenvalue weighted by Crippen LogP contribution is -2.46. The van der Waals surface area contributed by atoms with Crippen LogP contribution in [0.1, 0.15) is 43.0 Å². The van der Waals surface area contributed by atoms with Crippen LogP contribution >= 0.6 is 0 Å². The van der Waals surface area contributed by atoms with E-state index in [1.807, 2.05) is 12.3 Å². The van der Waals surface area contributed by atoms with Crippen molar-refractivity contribution in [2.75, 3.05) is 0 Å². The molecule has 0 spiro atoms. The molecule has 1 unspecified atom stereocenters. The Kier molecular flexibility index (Phi) is 4.07. The van der Waals surface area contributed by atoms with Crippen LogP contribution in [0.4, 0.5) is 0 Å². The Morgan fingerprint density at radius 2 is 1.90 bits per heavy atom. The van der Waals surface area contributed by atoms with E-state index < -0.39 is 0 Å². The number of nitrogens with zero attached hydrogens (tertiary/aromatic N) is 1. The van der Waals surface area contributed by atoms with E-state index in [0.29, 0.717) is 6.42 Å². The molecule has 1 atom stereocenters. The van der Waals surface area contributed by atoms with E-state index in [9.17, 15) is 5.11 Å². The second kappa shape index (κ2) is 5.98. The highest BCUT2D eigenvalue weighted by Crippen LogP contribution is 2.47. The third kappa shape index (κ3) is 2.73. The first-order valence-corrected chi connectivity index (χ1v) is 7.92. The van der Waals surface area contributed by atoms with Crippen LogP contribution in [0.15, 0.2) is 48.7 Å². The summed E-state index contributed by atoms with van der Waals surface area (Å²) in [6.45, 7) is 2.13. The molecule has 1 aromatic carbocycles. The molecule has 1 aromatic heterocycles. The third-order valence-corrected chi connectivity index (χ3v) is 4.93. The number of aryl methyl sites for hydroxylation is 1. The summed E-state index contributed by atoms with van der Waals surface area (Å²) in [6, 6.07) is 14.6. The Hall–Kier alpha value is -1.67. The molecule has 0 radical (unpaired) electrons. The van der Waals surface area contributed by atoms with Gasteiger partial charge in [0.1, 0.15) is 0 Å². The summed E-state index contributed by atoms with van der Waals surface area (Å²) >= 11 is 0. The van der Waals surface area contributed by atoms with E-state index in [4.69, 9.17) is 0 Å². The minimum Gasteiger partial charge on any atom is -0.392 e. The van der Waals surface area contributed by atoms with Crippen LogP contribution < -0.4 is 0 Å². The second-order valence-electron chi connectivity index (χ2n) is 6.11. The molecule has 0 saturated heterocycles. The van der Waals surface area contributed by atoms with E-state index in [1.54, 1.807) is 0 Å². The minimum absolute atomic E-state index is 0.0631. The summed E-state index contributed by atoms with van der Waals surface area (Å²) in [5, 5.41) is 10.8. The van der Waals surface area contributed by atoms with Crippen LogP contribution in [0.5, 0.6) is 0 Å². The normalized spacial score (nSPS) is 18.0. The van der Waals surface area contributed by atoms with Gasteiger partial charge in [0.25, 0.3) is 0 Å². The van der Waals surface area contributed by atoms with Crippen molar-refractivity contribution in [1.82, 2.24) is 4.98 Å². The lowest BCUT2D eigenvalue weighted by Gasteiger charge is -2.46. The Bertz CT molecular complexity index is 572. The number of aliphatic hydroxyl groups excluding tert-OH is 1. The van der Waals surface area contributed by atoms with Crippen molar-refractivity contribution in [2.24, 2.45) is 0 Å². The Morgan fingerprint density at radius 1 is 1.14 bits per heavy atom. The summed E-state index contributed by atoms with van der Waals surface area (Å²) in [5.41, 5.74) is 3.44. The van der Waals surface area contributed by atoms with Gasteiger partial charge in [0.15, 0.2) is 0 Å². The number of pyridine rings is 1. The molecule has 1 aliphatic carbocycles. The van der Waals surface area contributed by atoms with Crippen molar-refractivity contribution in [3.8, 4) is 0 Å². The van der Waals surface area contributed by atoms with Gasteiger partial charge < -0.3 is 5.11 Å². The van der Waals surface area contributed by atoms with Crippen LogP contribution in [0.2, 0.25) is 0 Å². The van der Waals surface area contributed by atoms with E-state index in [2.05, 4.69) is 48.3 Å². The summed E-state index contributed by atoms with van der Waals surface area (Å²) in [6.07, 6.45) is 6.57. The van der Waals surface area contributed by atoms with E-state index in [1.165, 1.54) is 17.5 Å². The minimum atomic E-state index is -0.353. The highest BCUT2D eigenvalue weighted by molar-refractivity contribution is 5.30. The number of hydrogen-bond donors (Lipinski definition) is 1.